The molecule has 0 spiro atoms. The number of carbonyl (C=O) groups is 2. The number of nitrogens with zero attached hydrogens (tertiary/aromatic N) is 2. The van der Waals surface area contributed by atoms with E-state index in [4.69, 9.17) is 5.73 Å². The number of aliphatic hydroxyl groups is 1. The molecule has 6 nitrogen and oxygen atoms in total. The Kier molecular flexibility index (Phi) is 3.69. The third-order valence-corrected chi connectivity index (χ3v) is 4.84. The molecule has 25 heavy (non-hydrogen) atoms. The number of para-hydroxylation sites is 1. The largest absolute Gasteiger partial charge is 0.399 e. The van der Waals surface area contributed by atoms with Crippen LogP contribution < -0.4 is 10.6 Å². The Hall–Kier alpha value is -2.86. The normalized spacial score (nSPS) is 22.6. The zero-order valence-electron chi connectivity index (χ0n) is 13.6. The van der Waals surface area contributed by atoms with Crippen molar-refractivity contribution in [2.75, 3.05) is 17.2 Å². The summed E-state index contributed by atoms with van der Waals surface area (Å²) in [5.74, 6) is -0.364. The summed E-state index contributed by atoms with van der Waals surface area (Å²) in [6.45, 7) is 0.545. The number of fused-ring (bicyclic) bond motifs is 2. The second-order valence-electron chi connectivity index (χ2n) is 6.55. The topological polar surface area (TPSA) is 86.9 Å². The van der Waals surface area contributed by atoms with E-state index in [1.807, 2.05) is 18.2 Å². The minimum absolute atomic E-state index is 0.160. The molecule has 6 heteroatoms. The van der Waals surface area contributed by atoms with E-state index in [1.54, 1.807) is 35.2 Å². The Morgan fingerprint density at radius 3 is 2.56 bits per heavy atom. The van der Waals surface area contributed by atoms with E-state index in [-0.39, 0.29) is 24.8 Å². The van der Waals surface area contributed by atoms with Crippen molar-refractivity contribution in [3.05, 3.63) is 59.7 Å². The van der Waals surface area contributed by atoms with E-state index in [2.05, 4.69) is 0 Å². The summed E-state index contributed by atoms with van der Waals surface area (Å²) in [7, 11) is 0. The molecule has 3 N–H and O–H groups in total. The van der Waals surface area contributed by atoms with Crippen LogP contribution in [-0.4, -0.2) is 40.5 Å². The summed E-state index contributed by atoms with van der Waals surface area (Å²) in [5, 5.41) is 9.96. The van der Waals surface area contributed by atoms with Crippen molar-refractivity contribution in [1.82, 2.24) is 4.90 Å². The first-order chi connectivity index (χ1) is 12.0. The minimum Gasteiger partial charge on any atom is -0.399 e. The van der Waals surface area contributed by atoms with E-state index >= 15 is 0 Å². The molecule has 0 aliphatic carbocycles. The Balaban J connectivity index is 1.78. The number of anilines is 2. The van der Waals surface area contributed by atoms with Crippen molar-refractivity contribution in [2.45, 2.75) is 25.1 Å². The summed E-state index contributed by atoms with van der Waals surface area (Å²) in [6.07, 6.45) is -0.391. The van der Waals surface area contributed by atoms with Crippen LogP contribution in [0.15, 0.2) is 48.5 Å². The lowest BCUT2D eigenvalue weighted by atomic mass is 10.1. The Morgan fingerprint density at radius 1 is 1.08 bits per heavy atom. The number of benzene rings is 2. The van der Waals surface area contributed by atoms with E-state index in [0.29, 0.717) is 23.5 Å². The van der Waals surface area contributed by atoms with Crippen LogP contribution >= 0.6 is 0 Å². The number of carbonyl (C=O) groups excluding carboxylic acids is 2. The molecule has 0 aromatic heterocycles. The molecule has 2 amide bonds. The molecule has 0 radical (unpaired) electrons. The lowest BCUT2D eigenvalue weighted by Gasteiger charge is -2.26. The molecule has 2 heterocycles. The molecule has 2 aliphatic heterocycles. The number of nitrogen functional groups attached to an aromatic ring is 1. The fourth-order valence-electron chi connectivity index (χ4n) is 3.58. The van der Waals surface area contributed by atoms with Gasteiger partial charge in [-0.05, 0) is 29.8 Å². The summed E-state index contributed by atoms with van der Waals surface area (Å²) in [6, 6.07) is 13.8. The fraction of sp³-hybridized carbons (Fsp3) is 0.263. The lowest BCUT2D eigenvalue weighted by Crippen LogP contribution is -2.44. The molecule has 4 rings (SSSR count). The SMILES string of the molecule is Nc1ccc(CN2C(=O)[C@@H]3C[C@@H](O)CN3C(=O)c3ccccc32)cc1. The first kappa shape index (κ1) is 15.7. The van der Waals surface area contributed by atoms with Gasteiger partial charge in [0.1, 0.15) is 6.04 Å². The molecular weight excluding hydrogens is 318 g/mol. The highest BCUT2D eigenvalue weighted by Crippen LogP contribution is 2.33. The van der Waals surface area contributed by atoms with E-state index in [9.17, 15) is 14.7 Å². The van der Waals surface area contributed by atoms with Gasteiger partial charge >= 0.3 is 0 Å². The molecule has 1 saturated heterocycles. The maximum Gasteiger partial charge on any atom is 0.256 e. The second kappa shape index (κ2) is 5.89. The van der Waals surface area contributed by atoms with Crippen LogP contribution in [0.3, 0.4) is 0 Å². The van der Waals surface area contributed by atoms with E-state index in [0.717, 1.165) is 5.56 Å². The van der Waals surface area contributed by atoms with E-state index in [1.165, 1.54) is 4.90 Å². The number of rotatable bonds is 2. The van der Waals surface area contributed by atoms with Crippen molar-refractivity contribution >= 4 is 23.2 Å². The smallest absolute Gasteiger partial charge is 0.256 e. The average molecular weight is 337 g/mol. The van der Waals surface area contributed by atoms with Crippen LogP contribution in [0.4, 0.5) is 11.4 Å². The number of hydrogen-bond acceptors (Lipinski definition) is 4. The molecule has 2 aliphatic rings. The average Bonchev–Trinajstić information content (AvgIpc) is 2.99. The van der Waals surface area contributed by atoms with Crippen molar-refractivity contribution < 1.29 is 14.7 Å². The van der Waals surface area contributed by atoms with Gasteiger partial charge in [0.25, 0.3) is 5.91 Å². The summed E-state index contributed by atoms with van der Waals surface area (Å²) in [5.41, 5.74) is 8.42. The molecule has 0 saturated carbocycles. The van der Waals surface area contributed by atoms with Gasteiger partial charge < -0.3 is 20.6 Å². The van der Waals surface area contributed by atoms with Gasteiger partial charge in [-0.1, -0.05) is 24.3 Å². The molecule has 2 atom stereocenters. The van der Waals surface area contributed by atoms with Gasteiger partial charge in [-0.15, -0.1) is 0 Å². The first-order valence-corrected chi connectivity index (χ1v) is 8.28. The summed E-state index contributed by atoms with van der Waals surface area (Å²) >= 11 is 0. The lowest BCUT2D eigenvalue weighted by molar-refractivity contribution is -0.122. The maximum absolute atomic E-state index is 13.1. The van der Waals surface area contributed by atoms with Crippen LogP contribution in [-0.2, 0) is 11.3 Å². The number of hydrogen-bond donors (Lipinski definition) is 2. The van der Waals surface area contributed by atoms with Crippen LogP contribution in [0.25, 0.3) is 0 Å². The van der Waals surface area contributed by atoms with Gasteiger partial charge in [0.15, 0.2) is 0 Å². The second-order valence-corrected chi connectivity index (χ2v) is 6.55. The van der Waals surface area contributed by atoms with Crippen molar-refractivity contribution in [2.24, 2.45) is 0 Å². The highest BCUT2D eigenvalue weighted by Gasteiger charge is 2.44. The highest BCUT2D eigenvalue weighted by molar-refractivity contribution is 6.11. The van der Waals surface area contributed by atoms with Crippen molar-refractivity contribution in [3.63, 3.8) is 0 Å². The Bertz CT molecular complexity index is 834. The number of aliphatic hydroxyl groups excluding tert-OH is 1. The zero-order chi connectivity index (χ0) is 17.6. The first-order valence-electron chi connectivity index (χ1n) is 8.28. The monoisotopic (exact) mass is 337 g/mol. The predicted octanol–water partition coefficient (Wildman–Crippen LogP) is 1.39. The Morgan fingerprint density at radius 2 is 1.80 bits per heavy atom. The molecule has 2 aromatic rings. The summed E-state index contributed by atoms with van der Waals surface area (Å²) in [4.78, 5) is 29.2. The molecule has 1 fully saturated rings. The minimum atomic E-state index is -0.665. The fourth-order valence-corrected chi connectivity index (χ4v) is 3.58. The zero-order valence-corrected chi connectivity index (χ0v) is 13.6. The molecule has 2 aromatic carbocycles. The number of nitrogens with two attached hydrogens (primary N) is 1. The predicted molar refractivity (Wildman–Crippen MR) is 93.9 cm³/mol. The van der Waals surface area contributed by atoms with Gasteiger partial charge in [0, 0.05) is 18.7 Å². The van der Waals surface area contributed by atoms with E-state index < -0.39 is 12.1 Å². The third kappa shape index (κ3) is 2.64. The summed E-state index contributed by atoms with van der Waals surface area (Å²) < 4.78 is 0. The molecule has 128 valence electrons. The molecular formula is C19H19N3O3. The Labute approximate surface area is 145 Å². The van der Waals surface area contributed by atoms with Crippen LogP contribution in [0.2, 0.25) is 0 Å². The quantitative estimate of drug-likeness (QED) is 0.811. The van der Waals surface area contributed by atoms with Crippen LogP contribution in [0.1, 0.15) is 22.3 Å². The number of amides is 2. The standard InChI is InChI=1S/C19H19N3O3/c20-13-7-5-12(6-8-13)10-21-16-4-2-1-3-15(16)18(24)22-11-14(23)9-17(22)19(21)25/h1-8,14,17,23H,9-11,20H2/t14-,17+/m1/s1. The van der Waals surface area contributed by atoms with Gasteiger partial charge in [-0.2, -0.15) is 0 Å². The van der Waals surface area contributed by atoms with Crippen molar-refractivity contribution in [3.8, 4) is 0 Å². The molecule has 0 bridgehead atoms. The van der Waals surface area contributed by atoms with Gasteiger partial charge in [-0.25, -0.2) is 0 Å². The van der Waals surface area contributed by atoms with Crippen molar-refractivity contribution in [1.29, 1.82) is 0 Å². The highest BCUT2D eigenvalue weighted by atomic mass is 16.3. The van der Waals surface area contributed by atoms with Gasteiger partial charge in [0.2, 0.25) is 5.91 Å². The van der Waals surface area contributed by atoms with Gasteiger partial charge in [0.05, 0.1) is 23.9 Å². The van der Waals surface area contributed by atoms with Crippen LogP contribution in [0, 0.1) is 0 Å². The van der Waals surface area contributed by atoms with Crippen LogP contribution in [0.5, 0.6) is 0 Å². The third-order valence-electron chi connectivity index (χ3n) is 4.84. The maximum atomic E-state index is 13.1. The molecule has 0 unspecified atom stereocenters. The van der Waals surface area contributed by atoms with Gasteiger partial charge in [-0.3, -0.25) is 9.59 Å².